The molecule has 114 valence electrons. The number of aliphatic hydroxyl groups is 1. The summed E-state index contributed by atoms with van der Waals surface area (Å²) >= 11 is 0. The molecule has 0 fully saturated rings. The lowest BCUT2D eigenvalue weighted by Crippen LogP contribution is -2.39. The van der Waals surface area contributed by atoms with E-state index in [-0.39, 0.29) is 19.1 Å². The van der Waals surface area contributed by atoms with E-state index in [9.17, 15) is 4.79 Å². The van der Waals surface area contributed by atoms with Gasteiger partial charge in [0.25, 0.3) is 0 Å². The van der Waals surface area contributed by atoms with Gasteiger partial charge in [-0.3, -0.25) is 4.79 Å². The molecule has 0 saturated heterocycles. The maximum atomic E-state index is 12.3. The Morgan fingerprint density at radius 3 is 2.77 bits per heavy atom. The summed E-state index contributed by atoms with van der Waals surface area (Å²) in [6.45, 7) is 1.74. The average molecular weight is 296 g/mol. The summed E-state index contributed by atoms with van der Waals surface area (Å²) in [5.41, 5.74) is 4.28. The zero-order chi connectivity index (χ0) is 15.4. The first-order valence-corrected chi connectivity index (χ1v) is 7.54. The first-order valence-electron chi connectivity index (χ1n) is 7.54. The van der Waals surface area contributed by atoms with Gasteiger partial charge in [0.1, 0.15) is 0 Å². The highest BCUT2D eigenvalue weighted by atomic mass is 16.3. The molecule has 22 heavy (non-hydrogen) atoms. The molecule has 3 rings (SSSR count). The number of carbonyl (C=O) groups excluding carboxylic acids is 1. The molecule has 0 atom stereocenters. The summed E-state index contributed by atoms with van der Waals surface area (Å²) in [6.07, 6.45) is 0.919. The topological polar surface area (TPSA) is 52.6 Å². The van der Waals surface area contributed by atoms with Crippen molar-refractivity contribution in [2.24, 2.45) is 0 Å². The molecule has 1 amide bonds. The molecule has 0 unspecified atom stereocenters. The van der Waals surface area contributed by atoms with Gasteiger partial charge in [-0.05, 0) is 35.2 Å². The van der Waals surface area contributed by atoms with Gasteiger partial charge in [-0.1, -0.05) is 36.4 Å². The second kappa shape index (κ2) is 6.62. The van der Waals surface area contributed by atoms with E-state index >= 15 is 0 Å². The Morgan fingerprint density at radius 2 is 1.95 bits per heavy atom. The summed E-state index contributed by atoms with van der Waals surface area (Å²) in [6, 6.07) is 15.8. The van der Waals surface area contributed by atoms with Crippen LogP contribution >= 0.6 is 0 Å². The summed E-state index contributed by atoms with van der Waals surface area (Å²) < 4.78 is 0. The van der Waals surface area contributed by atoms with Gasteiger partial charge in [0.15, 0.2) is 0 Å². The number of carbonyl (C=O) groups is 1. The minimum absolute atomic E-state index is 0.00632. The molecule has 0 spiro atoms. The van der Waals surface area contributed by atoms with Crippen molar-refractivity contribution in [2.45, 2.75) is 19.6 Å². The number of hydrogen-bond acceptors (Lipinski definition) is 3. The molecule has 0 aliphatic carbocycles. The van der Waals surface area contributed by atoms with Gasteiger partial charge in [0.05, 0.1) is 13.2 Å². The number of nitrogens with one attached hydrogen (secondary N) is 1. The predicted molar refractivity (Wildman–Crippen MR) is 86.4 cm³/mol. The van der Waals surface area contributed by atoms with E-state index in [1.807, 2.05) is 41.3 Å². The van der Waals surface area contributed by atoms with E-state index in [1.54, 1.807) is 0 Å². The van der Waals surface area contributed by atoms with Crippen molar-refractivity contribution in [3.05, 3.63) is 65.2 Å². The Kier molecular flexibility index (Phi) is 4.39. The van der Waals surface area contributed by atoms with Crippen LogP contribution in [0.3, 0.4) is 0 Å². The summed E-state index contributed by atoms with van der Waals surface area (Å²) in [4.78, 5) is 14.2. The SMILES string of the molecule is O=C(CNc1cccc(CO)c1)N1CCc2ccccc2C1. The molecule has 0 bridgehead atoms. The number of benzene rings is 2. The Balaban J connectivity index is 1.59. The van der Waals surface area contributed by atoms with Crippen molar-refractivity contribution in [3.8, 4) is 0 Å². The number of anilines is 1. The van der Waals surface area contributed by atoms with E-state index in [0.717, 1.165) is 24.2 Å². The Morgan fingerprint density at radius 1 is 1.14 bits per heavy atom. The molecule has 0 saturated carbocycles. The fourth-order valence-corrected chi connectivity index (χ4v) is 2.78. The molecule has 1 aliphatic heterocycles. The second-order valence-corrected chi connectivity index (χ2v) is 5.55. The summed E-state index contributed by atoms with van der Waals surface area (Å²) in [5.74, 6) is 0.101. The second-order valence-electron chi connectivity index (χ2n) is 5.55. The molecule has 2 N–H and O–H groups in total. The zero-order valence-electron chi connectivity index (χ0n) is 12.5. The van der Waals surface area contributed by atoms with Crippen molar-refractivity contribution >= 4 is 11.6 Å². The molecule has 1 heterocycles. The molecular weight excluding hydrogens is 276 g/mol. The number of aliphatic hydroxyl groups excluding tert-OH is 1. The smallest absolute Gasteiger partial charge is 0.242 e. The number of nitrogens with zero attached hydrogens (tertiary/aromatic N) is 1. The largest absolute Gasteiger partial charge is 0.392 e. The predicted octanol–water partition coefficient (Wildman–Crippen LogP) is 2.18. The lowest BCUT2D eigenvalue weighted by atomic mass is 10.00. The third kappa shape index (κ3) is 3.28. The van der Waals surface area contributed by atoms with Crippen molar-refractivity contribution in [3.63, 3.8) is 0 Å². The van der Waals surface area contributed by atoms with Gasteiger partial charge < -0.3 is 15.3 Å². The standard InChI is InChI=1S/C18H20N2O2/c21-13-14-4-3-7-17(10-14)19-11-18(22)20-9-8-15-5-1-2-6-16(15)12-20/h1-7,10,19,21H,8-9,11-13H2. The molecule has 4 heteroatoms. The highest BCUT2D eigenvalue weighted by molar-refractivity contribution is 5.81. The highest BCUT2D eigenvalue weighted by Gasteiger charge is 2.19. The molecule has 2 aromatic carbocycles. The van der Waals surface area contributed by atoms with Crippen LogP contribution in [0.2, 0.25) is 0 Å². The van der Waals surface area contributed by atoms with Crippen molar-refractivity contribution in [1.29, 1.82) is 0 Å². The van der Waals surface area contributed by atoms with Crippen LogP contribution in [0.25, 0.3) is 0 Å². The van der Waals surface area contributed by atoms with E-state index in [2.05, 4.69) is 17.4 Å². The molecular formula is C18H20N2O2. The fourth-order valence-electron chi connectivity index (χ4n) is 2.78. The van der Waals surface area contributed by atoms with Crippen LogP contribution in [0.15, 0.2) is 48.5 Å². The van der Waals surface area contributed by atoms with Crippen LogP contribution in [-0.4, -0.2) is 29.0 Å². The maximum Gasteiger partial charge on any atom is 0.242 e. The minimum Gasteiger partial charge on any atom is -0.392 e. The van der Waals surface area contributed by atoms with Gasteiger partial charge in [-0.2, -0.15) is 0 Å². The van der Waals surface area contributed by atoms with E-state index in [0.29, 0.717) is 6.54 Å². The molecule has 0 aromatic heterocycles. The third-order valence-corrected chi connectivity index (χ3v) is 4.04. The molecule has 0 radical (unpaired) electrons. The van der Waals surface area contributed by atoms with Crippen LogP contribution in [0.4, 0.5) is 5.69 Å². The lowest BCUT2D eigenvalue weighted by Gasteiger charge is -2.29. The Hall–Kier alpha value is -2.33. The van der Waals surface area contributed by atoms with Gasteiger partial charge in [0.2, 0.25) is 5.91 Å². The third-order valence-electron chi connectivity index (χ3n) is 4.04. The average Bonchev–Trinajstić information content (AvgIpc) is 2.59. The fraction of sp³-hybridized carbons (Fsp3) is 0.278. The van der Waals surface area contributed by atoms with Crippen LogP contribution < -0.4 is 5.32 Å². The highest BCUT2D eigenvalue weighted by Crippen LogP contribution is 2.18. The van der Waals surface area contributed by atoms with Crippen LogP contribution in [0.1, 0.15) is 16.7 Å². The van der Waals surface area contributed by atoms with Gasteiger partial charge in [0, 0.05) is 18.8 Å². The van der Waals surface area contributed by atoms with E-state index < -0.39 is 0 Å². The molecule has 1 aliphatic rings. The summed E-state index contributed by atoms with van der Waals surface area (Å²) in [5, 5.41) is 12.3. The minimum atomic E-state index is 0.00632. The lowest BCUT2D eigenvalue weighted by molar-refractivity contribution is -0.130. The van der Waals surface area contributed by atoms with Crippen LogP contribution in [0.5, 0.6) is 0 Å². The van der Waals surface area contributed by atoms with E-state index in [4.69, 9.17) is 5.11 Å². The van der Waals surface area contributed by atoms with Crippen LogP contribution in [-0.2, 0) is 24.4 Å². The summed E-state index contributed by atoms with van der Waals surface area (Å²) in [7, 11) is 0. The number of amides is 1. The van der Waals surface area contributed by atoms with Gasteiger partial charge in [-0.15, -0.1) is 0 Å². The number of rotatable bonds is 4. The zero-order valence-corrected chi connectivity index (χ0v) is 12.5. The molecule has 2 aromatic rings. The first-order chi connectivity index (χ1) is 10.8. The Labute approximate surface area is 130 Å². The first kappa shape index (κ1) is 14.6. The molecule has 4 nitrogen and oxygen atoms in total. The van der Waals surface area contributed by atoms with E-state index in [1.165, 1.54) is 11.1 Å². The monoisotopic (exact) mass is 296 g/mol. The van der Waals surface area contributed by atoms with Crippen molar-refractivity contribution in [2.75, 3.05) is 18.4 Å². The van der Waals surface area contributed by atoms with Gasteiger partial charge >= 0.3 is 0 Å². The van der Waals surface area contributed by atoms with Crippen LogP contribution in [0, 0.1) is 0 Å². The maximum absolute atomic E-state index is 12.3. The Bertz CT molecular complexity index is 670. The normalized spacial score (nSPS) is 13.6. The quantitative estimate of drug-likeness (QED) is 0.909. The number of fused-ring (bicyclic) bond motifs is 1. The van der Waals surface area contributed by atoms with Crippen molar-refractivity contribution in [1.82, 2.24) is 4.90 Å². The van der Waals surface area contributed by atoms with Gasteiger partial charge in [-0.25, -0.2) is 0 Å². The number of hydrogen-bond donors (Lipinski definition) is 2. The van der Waals surface area contributed by atoms with Crippen molar-refractivity contribution < 1.29 is 9.90 Å².